The minimum absolute atomic E-state index is 0.000525. The van der Waals surface area contributed by atoms with Gasteiger partial charge in [0.15, 0.2) is 0 Å². The second-order valence-corrected chi connectivity index (χ2v) is 4.94. The van der Waals surface area contributed by atoms with Crippen molar-refractivity contribution in [1.82, 2.24) is 5.32 Å². The first-order chi connectivity index (χ1) is 8.49. The van der Waals surface area contributed by atoms with Gasteiger partial charge in [0.2, 0.25) is 5.91 Å². The van der Waals surface area contributed by atoms with Crippen molar-refractivity contribution >= 4 is 23.2 Å². The lowest BCUT2D eigenvalue weighted by Gasteiger charge is -2.08. The minimum Gasteiger partial charge on any atom is -0.325 e. The third-order valence-electron chi connectivity index (χ3n) is 2.39. The molecule has 0 aliphatic carbocycles. The second kappa shape index (κ2) is 7.34. The lowest BCUT2D eigenvalue weighted by atomic mass is 10.1. The van der Waals surface area contributed by atoms with Crippen molar-refractivity contribution in [3.8, 4) is 0 Å². The van der Waals surface area contributed by atoms with E-state index in [1.807, 2.05) is 0 Å². The van der Waals surface area contributed by atoms with E-state index in [0.717, 1.165) is 13.0 Å². The molecule has 0 saturated heterocycles. The summed E-state index contributed by atoms with van der Waals surface area (Å²) < 4.78 is 12.9. The molecule has 0 saturated carbocycles. The number of rotatable bonds is 6. The van der Waals surface area contributed by atoms with Crippen LogP contribution in [0, 0.1) is 11.7 Å². The highest BCUT2D eigenvalue weighted by Crippen LogP contribution is 2.19. The number of carbonyl (C=O) groups is 1. The molecule has 5 heteroatoms. The number of halogens is 2. The molecule has 1 aromatic carbocycles. The van der Waals surface area contributed by atoms with Gasteiger partial charge in [-0.25, -0.2) is 4.39 Å². The van der Waals surface area contributed by atoms with Crippen molar-refractivity contribution in [3.05, 3.63) is 29.0 Å². The van der Waals surface area contributed by atoms with Gasteiger partial charge >= 0.3 is 0 Å². The van der Waals surface area contributed by atoms with E-state index in [1.165, 1.54) is 18.2 Å². The van der Waals surface area contributed by atoms with E-state index in [0.29, 0.717) is 11.6 Å². The highest BCUT2D eigenvalue weighted by Gasteiger charge is 2.05. The molecule has 0 fully saturated rings. The van der Waals surface area contributed by atoms with Crippen LogP contribution in [-0.2, 0) is 4.79 Å². The molecule has 0 aliphatic heterocycles. The van der Waals surface area contributed by atoms with Crippen LogP contribution in [0.2, 0.25) is 5.02 Å². The Kier molecular flexibility index (Phi) is 6.09. The second-order valence-electron chi connectivity index (χ2n) is 4.54. The Morgan fingerprint density at radius 1 is 1.44 bits per heavy atom. The van der Waals surface area contributed by atoms with Crippen LogP contribution in [-0.4, -0.2) is 19.0 Å². The van der Waals surface area contributed by atoms with Crippen molar-refractivity contribution in [2.75, 3.05) is 18.4 Å². The summed E-state index contributed by atoms with van der Waals surface area (Å²) in [5, 5.41) is 5.69. The number of amides is 1. The Hall–Kier alpha value is -1.13. The standard InChI is InChI=1S/C13H18ClFN2O/c1-9(2)5-6-16-8-13(18)17-10-3-4-12(15)11(14)7-10/h3-4,7,9,16H,5-6,8H2,1-2H3,(H,17,18). The number of hydrogen-bond donors (Lipinski definition) is 2. The Balaban J connectivity index is 2.33. The number of anilines is 1. The van der Waals surface area contributed by atoms with Crippen LogP contribution in [0.25, 0.3) is 0 Å². The van der Waals surface area contributed by atoms with Gasteiger partial charge in [0.1, 0.15) is 5.82 Å². The summed E-state index contributed by atoms with van der Waals surface area (Å²) in [5.74, 6) is -0.0531. The van der Waals surface area contributed by atoms with Gasteiger partial charge in [-0.1, -0.05) is 25.4 Å². The van der Waals surface area contributed by atoms with Gasteiger partial charge in [0.25, 0.3) is 0 Å². The van der Waals surface area contributed by atoms with E-state index < -0.39 is 5.82 Å². The zero-order chi connectivity index (χ0) is 13.5. The van der Waals surface area contributed by atoms with Crippen LogP contribution in [0.1, 0.15) is 20.3 Å². The van der Waals surface area contributed by atoms with Crippen molar-refractivity contribution in [2.45, 2.75) is 20.3 Å². The Labute approximate surface area is 112 Å². The zero-order valence-corrected chi connectivity index (χ0v) is 11.4. The molecule has 18 heavy (non-hydrogen) atoms. The van der Waals surface area contributed by atoms with E-state index in [9.17, 15) is 9.18 Å². The molecule has 0 atom stereocenters. The number of hydrogen-bond acceptors (Lipinski definition) is 2. The van der Waals surface area contributed by atoms with Gasteiger partial charge in [-0.15, -0.1) is 0 Å². The Morgan fingerprint density at radius 3 is 2.78 bits per heavy atom. The van der Waals surface area contributed by atoms with Crippen LogP contribution in [0.15, 0.2) is 18.2 Å². The van der Waals surface area contributed by atoms with Crippen molar-refractivity contribution < 1.29 is 9.18 Å². The molecule has 2 N–H and O–H groups in total. The molecule has 0 heterocycles. The molecule has 3 nitrogen and oxygen atoms in total. The molecule has 0 aliphatic rings. The molecule has 1 aromatic rings. The smallest absolute Gasteiger partial charge is 0.238 e. The van der Waals surface area contributed by atoms with Crippen LogP contribution in [0.5, 0.6) is 0 Å². The number of nitrogens with one attached hydrogen (secondary N) is 2. The van der Waals surface area contributed by atoms with E-state index in [4.69, 9.17) is 11.6 Å². The summed E-state index contributed by atoms with van der Waals surface area (Å²) >= 11 is 5.62. The zero-order valence-electron chi connectivity index (χ0n) is 10.6. The lowest BCUT2D eigenvalue weighted by molar-refractivity contribution is -0.115. The van der Waals surface area contributed by atoms with Gasteiger partial charge in [-0.2, -0.15) is 0 Å². The maximum atomic E-state index is 12.9. The molecular formula is C13H18ClFN2O. The Morgan fingerprint density at radius 2 is 2.17 bits per heavy atom. The summed E-state index contributed by atoms with van der Waals surface area (Å²) in [7, 11) is 0. The van der Waals surface area contributed by atoms with Crippen LogP contribution in [0.3, 0.4) is 0 Å². The molecule has 0 unspecified atom stereocenters. The molecule has 0 aromatic heterocycles. The van der Waals surface area contributed by atoms with E-state index in [2.05, 4.69) is 24.5 Å². The molecule has 0 radical (unpaired) electrons. The van der Waals surface area contributed by atoms with Gasteiger partial charge in [0, 0.05) is 5.69 Å². The average molecular weight is 273 g/mol. The van der Waals surface area contributed by atoms with E-state index in [1.54, 1.807) is 0 Å². The van der Waals surface area contributed by atoms with Crippen LogP contribution >= 0.6 is 11.6 Å². The van der Waals surface area contributed by atoms with Crippen LogP contribution in [0.4, 0.5) is 10.1 Å². The Bertz CT molecular complexity index is 410. The van der Waals surface area contributed by atoms with Crippen molar-refractivity contribution in [1.29, 1.82) is 0 Å². The average Bonchev–Trinajstić information content (AvgIpc) is 2.29. The van der Waals surface area contributed by atoms with Gasteiger partial charge in [-0.3, -0.25) is 4.79 Å². The van der Waals surface area contributed by atoms with Crippen LogP contribution < -0.4 is 10.6 Å². The summed E-state index contributed by atoms with van der Waals surface area (Å²) in [4.78, 5) is 11.5. The molecular weight excluding hydrogens is 255 g/mol. The fourth-order valence-corrected chi connectivity index (χ4v) is 1.55. The predicted octanol–water partition coefficient (Wildman–Crippen LogP) is 3.05. The fourth-order valence-electron chi connectivity index (χ4n) is 1.37. The number of benzene rings is 1. The van der Waals surface area contributed by atoms with Gasteiger partial charge in [0.05, 0.1) is 11.6 Å². The SMILES string of the molecule is CC(C)CCNCC(=O)Nc1ccc(F)c(Cl)c1. The summed E-state index contributed by atoms with van der Waals surface area (Å²) in [6.45, 7) is 5.29. The quantitative estimate of drug-likeness (QED) is 0.782. The maximum Gasteiger partial charge on any atom is 0.238 e. The van der Waals surface area contributed by atoms with E-state index in [-0.39, 0.29) is 17.5 Å². The van der Waals surface area contributed by atoms with Gasteiger partial charge < -0.3 is 10.6 Å². The maximum absolute atomic E-state index is 12.9. The first-order valence-electron chi connectivity index (χ1n) is 5.94. The predicted molar refractivity (Wildman–Crippen MR) is 72.4 cm³/mol. The highest BCUT2D eigenvalue weighted by molar-refractivity contribution is 6.31. The highest BCUT2D eigenvalue weighted by atomic mass is 35.5. The van der Waals surface area contributed by atoms with Crippen molar-refractivity contribution in [2.24, 2.45) is 5.92 Å². The summed E-state index contributed by atoms with van der Waals surface area (Å²) in [6.07, 6.45) is 1.02. The topological polar surface area (TPSA) is 41.1 Å². The first kappa shape index (κ1) is 14.9. The molecule has 1 amide bonds. The van der Waals surface area contributed by atoms with E-state index >= 15 is 0 Å². The third kappa shape index (κ3) is 5.47. The third-order valence-corrected chi connectivity index (χ3v) is 2.68. The van der Waals surface area contributed by atoms with Gasteiger partial charge in [-0.05, 0) is 37.1 Å². The molecule has 0 spiro atoms. The normalized spacial score (nSPS) is 10.7. The summed E-state index contributed by atoms with van der Waals surface area (Å²) in [6, 6.07) is 4.10. The minimum atomic E-state index is -0.496. The lowest BCUT2D eigenvalue weighted by Crippen LogP contribution is -2.29. The first-order valence-corrected chi connectivity index (χ1v) is 6.32. The monoisotopic (exact) mass is 272 g/mol. The molecule has 100 valence electrons. The van der Waals surface area contributed by atoms with Crippen molar-refractivity contribution in [3.63, 3.8) is 0 Å². The molecule has 0 bridgehead atoms. The molecule has 1 rings (SSSR count). The fraction of sp³-hybridized carbons (Fsp3) is 0.462. The number of carbonyl (C=O) groups excluding carboxylic acids is 1. The largest absolute Gasteiger partial charge is 0.325 e. The summed E-state index contributed by atoms with van der Waals surface area (Å²) in [5.41, 5.74) is 0.497.